The van der Waals surface area contributed by atoms with E-state index >= 15 is 0 Å². The molecule has 1 aromatic carbocycles. The van der Waals surface area contributed by atoms with Gasteiger partial charge in [0.2, 0.25) is 0 Å². The van der Waals surface area contributed by atoms with Crippen molar-refractivity contribution in [1.82, 2.24) is 0 Å². The van der Waals surface area contributed by atoms with Gasteiger partial charge in [-0.2, -0.15) is 0 Å². The summed E-state index contributed by atoms with van der Waals surface area (Å²) in [6.45, 7) is 0.394. The second-order valence-electron chi connectivity index (χ2n) is 3.25. The molecule has 0 unspecified atom stereocenters. The van der Waals surface area contributed by atoms with Crippen molar-refractivity contribution in [3.8, 4) is 5.75 Å². The molecule has 0 heterocycles. The number of aromatic carboxylic acids is 1. The van der Waals surface area contributed by atoms with Crippen molar-refractivity contribution >= 4 is 25.7 Å². The SMILES string of the molecule is COCCOc1ccc(C(=O)O)cc1S(=O)(=O)Cl. The van der Waals surface area contributed by atoms with Crippen LogP contribution < -0.4 is 4.74 Å². The average Bonchev–Trinajstić information content (AvgIpc) is 2.28. The molecule has 0 bridgehead atoms. The van der Waals surface area contributed by atoms with E-state index in [1.165, 1.54) is 19.2 Å². The van der Waals surface area contributed by atoms with E-state index in [1.54, 1.807) is 0 Å². The molecule has 0 aliphatic heterocycles. The van der Waals surface area contributed by atoms with Gasteiger partial charge >= 0.3 is 5.97 Å². The van der Waals surface area contributed by atoms with Crippen LogP contribution in [-0.4, -0.2) is 39.8 Å². The highest BCUT2D eigenvalue weighted by atomic mass is 35.7. The fourth-order valence-corrected chi connectivity index (χ4v) is 2.18. The van der Waals surface area contributed by atoms with Crippen LogP contribution in [0.2, 0.25) is 0 Å². The zero-order valence-electron chi connectivity index (χ0n) is 9.42. The van der Waals surface area contributed by atoms with E-state index in [0.717, 1.165) is 6.07 Å². The molecule has 18 heavy (non-hydrogen) atoms. The second-order valence-corrected chi connectivity index (χ2v) is 5.78. The quantitative estimate of drug-likeness (QED) is 0.629. The van der Waals surface area contributed by atoms with Gasteiger partial charge in [-0.1, -0.05) is 0 Å². The highest BCUT2D eigenvalue weighted by Gasteiger charge is 2.19. The first-order valence-corrected chi connectivity index (χ1v) is 7.11. The van der Waals surface area contributed by atoms with Crippen LogP contribution in [0, 0.1) is 0 Å². The molecule has 0 saturated carbocycles. The van der Waals surface area contributed by atoms with Crippen molar-refractivity contribution in [3.63, 3.8) is 0 Å². The molecule has 0 aliphatic carbocycles. The minimum Gasteiger partial charge on any atom is -0.490 e. The topological polar surface area (TPSA) is 89.9 Å². The van der Waals surface area contributed by atoms with Crippen LogP contribution in [0.5, 0.6) is 5.75 Å². The van der Waals surface area contributed by atoms with Gasteiger partial charge in [0.1, 0.15) is 17.3 Å². The van der Waals surface area contributed by atoms with Crippen LogP contribution in [0.4, 0.5) is 0 Å². The average molecular weight is 295 g/mol. The molecule has 0 aliphatic rings. The van der Waals surface area contributed by atoms with Crippen LogP contribution in [0.3, 0.4) is 0 Å². The first-order valence-electron chi connectivity index (χ1n) is 4.80. The predicted octanol–water partition coefficient (Wildman–Crippen LogP) is 1.34. The zero-order chi connectivity index (χ0) is 13.8. The number of ether oxygens (including phenoxy) is 2. The molecule has 1 N–H and O–H groups in total. The summed E-state index contributed by atoms with van der Waals surface area (Å²) in [4.78, 5) is 10.4. The lowest BCUT2D eigenvalue weighted by molar-refractivity contribution is 0.0696. The predicted molar refractivity (Wildman–Crippen MR) is 63.8 cm³/mol. The van der Waals surface area contributed by atoms with E-state index in [0.29, 0.717) is 0 Å². The number of rotatable bonds is 6. The molecule has 1 rings (SSSR count). The fraction of sp³-hybridized carbons (Fsp3) is 0.300. The third kappa shape index (κ3) is 3.86. The molecule has 0 aromatic heterocycles. The van der Waals surface area contributed by atoms with Gasteiger partial charge in [0.25, 0.3) is 9.05 Å². The van der Waals surface area contributed by atoms with E-state index < -0.39 is 15.0 Å². The number of benzene rings is 1. The molecule has 6 nitrogen and oxygen atoms in total. The van der Waals surface area contributed by atoms with E-state index in [-0.39, 0.29) is 29.4 Å². The van der Waals surface area contributed by atoms with Gasteiger partial charge in [0, 0.05) is 17.8 Å². The van der Waals surface area contributed by atoms with Gasteiger partial charge in [-0.05, 0) is 18.2 Å². The summed E-state index contributed by atoms with van der Waals surface area (Å²) in [5.74, 6) is -1.26. The number of carboxylic acids is 1. The highest BCUT2D eigenvalue weighted by molar-refractivity contribution is 8.13. The number of methoxy groups -OCH3 is 1. The molecule has 0 atom stereocenters. The van der Waals surface area contributed by atoms with Gasteiger partial charge in [-0.3, -0.25) is 0 Å². The minimum absolute atomic E-state index is 0.00736. The largest absolute Gasteiger partial charge is 0.490 e. The molecular formula is C10H11ClO6S. The summed E-state index contributed by atoms with van der Waals surface area (Å²) in [7, 11) is 2.61. The van der Waals surface area contributed by atoms with E-state index in [1.807, 2.05) is 0 Å². The first kappa shape index (κ1) is 14.7. The number of hydrogen-bond donors (Lipinski definition) is 1. The molecule has 1 aromatic rings. The van der Waals surface area contributed by atoms with Gasteiger partial charge in [-0.25, -0.2) is 13.2 Å². The molecular weight excluding hydrogens is 284 g/mol. The molecule has 100 valence electrons. The van der Waals surface area contributed by atoms with Crippen molar-refractivity contribution in [1.29, 1.82) is 0 Å². The van der Waals surface area contributed by atoms with Gasteiger partial charge in [0.05, 0.1) is 12.2 Å². The normalized spacial score (nSPS) is 11.2. The third-order valence-electron chi connectivity index (χ3n) is 2.00. The Balaban J connectivity index is 3.14. The lowest BCUT2D eigenvalue weighted by atomic mass is 10.2. The van der Waals surface area contributed by atoms with Gasteiger partial charge in [0.15, 0.2) is 0 Å². The monoisotopic (exact) mass is 294 g/mol. The van der Waals surface area contributed by atoms with E-state index in [9.17, 15) is 13.2 Å². The summed E-state index contributed by atoms with van der Waals surface area (Å²) in [5, 5.41) is 8.78. The molecule has 8 heteroatoms. The Kier molecular flexibility index (Phi) is 4.94. The van der Waals surface area contributed by atoms with Crippen molar-refractivity contribution < 1.29 is 27.8 Å². The second kappa shape index (κ2) is 6.03. The molecule has 0 spiro atoms. The van der Waals surface area contributed by atoms with Crippen molar-refractivity contribution in [2.75, 3.05) is 20.3 Å². The number of carbonyl (C=O) groups is 1. The Morgan fingerprint density at radius 2 is 2.06 bits per heavy atom. The maximum atomic E-state index is 11.3. The summed E-state index contributed by atoms with van der Waals surface area (Å²) in [5.41, 5.74) is -0.187. The fourth-order valence-electron chi connectivity index (χ4n) is 1.19. The lowest BCUT2D eigenvalue weighted by Gasteiger charge is -2.09. The maximum absolute atomic E-state index is 11.3. The molecule has 0 fully saturated rings. The maximum Gasteiger partial charge on any atom is 0.335 e. The van der Waals surface area contributed by atoms with Crippen LogP contribution in [-0.2, 0) is 13.8 Å². The van der Waals surface area contributed by atoms with Crippen LogP contribution in [0.1, 0.15) is 10.4 Å². The summed E-state index contributed by atoms with van der Waals surface area (Å²) in [6.07, 6.45) is 0. The zero-order valence-corrected chi connectivity index (χ0v) is 11.0. The smallest absolute Gasteiger partial charge is 0.335 e. The summed E-state index contributed by atoms with van der Waals surface area (Å²) < 4.78 is 32.6. The van der Waals surface area contributed by atoms with Crippen LogP contribution >= 0.6 is 10.7 Å². The highest BCUT2D eigenvalue weighted by Crippen LogP contribution is 2.28. The Morgan fingerprint density at radius 1 is 1.39 bits per heavy atom. The van der Waals surface area contributed by atoms with Gasteiger partial charge < -0.3 is 14.6 Å². The minimum atomic E-state index is -4.08. The Morgan fingerprint density at radius 3 is 2.56 bits per heavy atom. The third-order valence-corrected chi connectivity index (χ3v) is 3.34. The Bertz CT molecular complexity index is 539. The van der Waals surface area contributed by atoms with Crippen molar-refractivity contribution in [2.45, 2.75) is 4.90 Å². The summed E-state index contributed by atoms with van der Waals surface area (Å²) >= 11 is 0. The van der Waals surface area contributed by atoms with Crippen molar-refractivity contribution in [3.05, 3.63) is 23.8 Å². The van der Waals surface area contributed by atoms with E-state index in [2.05, 4.69) is 0 Å². The molecule has 0 amide bonds. The lowest BCUT2D eigenvalue weighted by Crippen LogP contribution is -2.08. The Hall–Kier alpha value is -1.31. The summed E-state index contributed by atoms with van der Waals surface area (Å²) in [6, 6.07) is 3.43. The number of halogens is 1. The molecule has 0 radical (unpaired) electrons. The standard InChI is InChI=1S/C10H11ClO6S/c1-16-4-5-17-8-3-2-7(10(12)13)6-9(8)18(11,14)15/h2-3,6H,4-5H2,1H3,(H,12,13). The van der Waals surface area contributed by atoms with Crippen LogP contribution in [0.25, 0.3) is 0 Å². The van der Waals surface area contributed by atoms with Crippen LogP contribution in [0.15, 0.2) is 23.1 Å². The number of hydrogen-bond acceptors (Lipinski definition) is 5. The van der Waals surface area contributed by atoms with E-state index in [4.69, 9.17) is 25.3 Å². The first-order chi connectivity index (χ1) is 8.36. The Labute approximate surface area is 109 Å². The molecule has 0 saturated heterocycles. The number of carboxylic acid groups (broad SMARTS) is 1. The van der Waals surface area contributed by atoms with Crippen molar-refractivity contribution in [2.24, 2.45) is 0 Å². The van der Waals surface area contributed by atoms with Gasteiger partial charge in [-0.15, -0.1) is 0 Å².